The number of nitrogens with one attached hydrogen (secondary N) is 3. The molecule has 7 nitrogen and oxygen atoms in total. The highest BCUT2D eigenvalue weighted by atomic mass is 79.9. The van der Waals surface area contributed by atoms with Crippen LogP contribution in [0.15, 0.2) is 40.9 Å². The van der Waals surface area contributed by atoms with Crippen LogP contribution in [0.25, 0.3) is 0 Å². The van der Waals surface area contributed by atoms with Crippen LogP contribution in [-0.4, -0.2) is 36.6 Å². The molecule has 0 heterocycles. The molecule has 0 radical (unpaired) electrons. The Balaban J connectivity index is 1.40. The summed E-state index contributed by atoms with van der Waals surface area (Å²) < 4.78 is 6.25. The summed E-state index contributed by atoms with van der Waals surface area (Å²) >= 11 is 3.42. The van der Waals surface area contributed by atoms with Crippen molar-refractivity contribution in [2.75, 3.05) is 18.4 Å². The number of anilines is 1. The normalized spacial score (nSPS) is 25.9. The second-order valence-corrected chi connectivity index (χ2v) is 12.9. The first-order chi connectivity index (χ1) is 16.3. The first-order valence-corrected chi connectivity index (χ1v) is 13.1. The van der Waals surface area contributed by atoms with Gasteiger partial charge in [-0.05, 0) is 80.5 Å². The van der Waals surface area contributed by atoms with Crippen molar-refractivity contribution in [3.8, 4) is 0 Å². The minimum absolute atomic E-state index is 0.0670. The maximum atomic E-state index is 13.5. The van der Waals surface area contributed by atoms with Crippen molar-refractivity contribution >= 4 is 39.5 Å². The molecule has 3 amide bonds. The second kappa shape index (κ2) is 9.26. The average molecular weight is 547 g/mol. The van der Waals surface area contributed by atoms with Crippen LogP contribution in [0.1, 0.15) is 47.5 Å². The molecule has 1 spiro atoms. The standard InChI is InChI=1S/C27H36BrN3O4/c1-25(2,3)35-24(34)30-15-26(4,5)14-29-22(32)20-18-10-11-19(27(18)12-13-27)21(20)23(33)31-17-8-6-16(28)7-9-17/h6-11,18-21H,12-15H2,1-5H3,(H,29,32)(H,30,34)(H,31,33)/t18-,19+,20-,21-/m1/s1. The molecule has 2 fully saturated rings. The fraction of sp³-hybridized carbons (Fsp3) is 0.593. The third-order valence-corrected chi connectivity index (χ3v) is 7.94. The minimum Gasteiger partial charge on any atom is -0.444 e. The second-order valence-electron chi connectivity index (χ2n) is 12.0. The molecule has 4 rings (SSSR count). The highest BCUT2D eigenvalue weighted by Crippen LogP contribution is 2.72. The number of carbonyl (C=O) groups excluding carboxylic acids is 3. The lowest BCUT2D eigenvalue weighted by molar-refractivity contribution is -0.133. The number of benzene rings is 1. The summed E-state index contributed by atoms with van der Waals surface area (Å²) in [6, 6.07) is 7.48. The number of ether oxygens (including phenoxy) is 1. The predicted octanol–water partition coefficient (Wildman–Crippen LogP) is 4.88. The maximum Gasteiger partial charge on any atom is 0.407 e. The van der Waals surface area contributed by atoms with Gasteiger partial charge < -0.3 is 20.7 Å². The number of rotatable bonds is 7. The van der Waals surface area contributed by atoms with E-state index in [-0.39, 0.29) is 40.4 Å². The highest BCUT2D eigenvalue weighted by molar-refractivity contribution is 9.10. The first-order valence-electron chi connectivity index (χ1n) is 12.3. The molecular formula is C27H36BrN3O4. The molecule has 4 atom stereocenters. The Morgan fingerprint density at radius 1 is 0.914 bits per heavy atom. The van der Waals surface area contributed by atoms with Crippen LogP contribution in [0.5, 0.6) is 0 Å². The molecule has 3 aliphatic carbocycles. The van der Waals surface area contributed by atoms with E-state index in [9.17, 15) is 14.4 Å². The van der Waals surface area contributed by atoms with Crippen molar-refractivity contribution in [2.24, 2.45) is 34.5 Å². The zero-order chi connectivity index (χ0) is 25.6. The zero-order valence-electron chi connectivity index (χ0n) is 21.1. The van der Waals surface area contributed by atoms with E-state index in [0.717, 1.165) is 23.0 Å². The number of amides is 3. The van der Waals surface area contributed by atoms with Crippen molar-refractivity contribution in [2.45, 2.75) is 53.1 Å². The lowest BCUT2D eigenvalue weighted by Crippen LogP contribution is -2.47. The molecule has 2 bridgehead atoms. The van der Waals surface area contributed by atoms with Crippen LogP contribution in [0.2, 0.25) is 0 Å². The predicted molar refractivity (Wildman–Crippen MR) is 139 cm³/mol. The maximum absolute atomic E-state index is 13.5. The number of halogens is 1. The van der Waals surface area contributed by atoms with Crippen LogP contribution in [0.4, 0.5) is 10.5 Å². The third-order valence-electron chi connectivity index (χ3n) is 7.41. The summed E-state index contributed by atoms with van der Waals surface area (Å²) in [6.07, 6.45) is 5.96. The van der Waals surface area contributed by atoms with E-state index in [1.54, 1.807) is 0 Å². The summed E-state index contributed by atoms with van der Waals surface area (Å²) in [5, 5.41) is 8.92. The van der Waals surface area contributed by atoms with Gasteiger partial charge in [-0.2, -0.15) is 0 Å². The van der Waals surface area contributed by atoms with Gasteiger partial charge in [0, 0.05) is 23.2 Å². The Labute approximate surface area is 216 Å². The molecule has 0 saturated heterocycles. The summed E-state index contributed by atoms with van der Waals surface area (Å²) in [5.74, 6) is -0.774. The molecule has 0 aromatic heterocycles. The lowest BCUT2D eigenvalue weighted by Gasteiger charge is -2.30. The van der Waals surface area contributed by atoms with Gasteiger partial charge in [0.25, 0.3) is 0 Å². The molecule has 1 aromatic carbocycles. The molecule has 2 saturated carbocycles. The van der Waals surface area contributed by atoms with Crippen molar-refractivity contribution in [1.82, 2.24) is 10.6 Å². The topological polar surface area (TPSA) is 96.5 Å². The smallest absolute Gasteiger partial charge is 0.407 e. The van der Waals surface area contributed by atoms with Gasteiger partial charge in [-0.1, -0.05) is 41.9 Å². The number of carbonyl (C=O) groups is 3. The largest absolute Gasteiger partial charge is 0.444 e. The Morgan fingerprint density at radius 2 is 1.46 bits per heavy atom. The van der Waals surface area contributed by atoms with Gasteiger partial charge in [-0.3, -0.25) is 9.59 Å². The summed E-state index contributed by atoms with van der Waals surface area (Å²) in [7, 11) is 0. The minimum atomic E-state index is -0.567. The molecule has 0 aliphatic heterocycles. The van der Waals surface area contributed by atoms with Crippen LogP contribution >= 0.6 is 15.9 Å². The first kappa shape index (κ1) is 25.7. The van der Waals surface area contributed by atoms with E-state index in [0.29, 0.717) is 13.1 Å². The van der Waals surface area contributed by atoms with Gasteiger partial charge in [0.05, 0.1) is 11.8 Å². The Hall–Kier alpha value is -2.35. The van der Waals surface area contributed by atoms with Crippen LogP contribution < -0.4 is 16.0 Å². The van der Waals surface area contributed by atoms with Crippen LogP contribution in [0, 0.1) is 34.5 Å². The van der Waals surface area contributed by atoms with E-state index >= 15 is 0 Å². The Kier molecular flexibility index (Phi) is 6.81. The molecule has 8 heteroatoms. The molecule has 190 valence electrons. The molecule has 1 aromatic rings. The van der Waals surface area contributed by atoms with Crippen molar-refractivity contribution in [3.05, 3.63) is 40.9 Å². The van der Waals surface area contributed by atoms with E-state index in [1.807, 2.05) is 58.9 Å². The number of alkyl carbamates (subject to hydrolysis) is 1. The lowest BCUT2D eigenvalue weighted by atomic mass is 9.81. The zero-order valence-corrected chi connectivity index (χ0v) is 22.7. The van der Waals surface area contributed by atoms with Crippen molar-refractivity contribution < 1.29 is 19.1 Å². The van der Waals surface area contributed by atoms with E-state index in [1.165, 1.54) is 0 Å². The Morgan fingerprint density at radius 3 is 2.00 bits per heavy atom. The van der Waals surface area contributed by atoms with E-state index in [2.05, 4.69) is 44.0 Å². The van der Waals surface area contributed by atoms with Crippen LogP contribution in [0.3, 0.4) is 0 Å². The molecule has 3 aliphatic rings. The SMILES string of the molecule is CC(C)(CNC(=O)OC(C)(C)C)CNC(=O)[C@H]1[C@H](C(=O)Nc2ccc(Br)cc2)[C@@H]2C=C[C@H]1C21CC1. The van der Waals surface area contributed by atoms with E-state index in [4.69, 9.17) is 4.74 Å². The van der Waals surface area contributed by atoms with Gasteiger partial charge in [-0.15, -0.1) is 0 Å². The third kappa shape index (κ3) is 5.57. The van der Waals surface area contributed by atoms with Crippen molar-refractivity contribution in [3.63, 3.8) is 0 Å². The number of allylic oxidation sites excluding steroid dienone is 2. The molecule has 35 heavy (non-hydrogen) atoms. The highest BCUT2D eigenvalue weighted by Gasteiger charge is 2.69. The Bertz CT molecular complexity index is 1020. The van der Waals surface area contributed by atoms with Gasteiger partial charge in [-0.25, -0.2) is 4.79 Å². The monoisotopic (exact) mass is 545 g/mol. The summed E-state index contributed by atoms with van der Waals surface area (Å²) in [4.78, 5) is 38.9. The number of hydrogen-bond donors (Lipinski definition) is 3. The summed E-state index contributed by atoms with van der Waals surface area (Å²) in [5.41, 5.74) is -0.157. The van der Waals surface area contributed by atoms with Crippen molar-refractivity contribution in [1.29, 1.82) is 0 Å². The van der Waals surface area contributed by atoms with Crippen LogP contribution in [-0.2, 0) is 14.3 Å². The number of hydrogen-bond acceptors (Lipinski definition) is 4. The average Bonchev–Trinajstić information content (AvgIpc) is 3.43. The molecule has 3 N–H and O–H groups in total. The molecule has 0 unspecified atom stereocenters. The van der Waals surface area contributed by atoms with Gasteiger partial charge in [0.2, 0.25) is 11.8 Å². The quantitative estimate of drug-likeness (QED) is 0.425. The van der Waals surface area contributed by atoms with Gasteiger partial charge >= 0.3 is 6.09 Å². The van der Waals surface area contributed by atoms with E-state index < -0.39 is 17.6 Å². The fourth-order valence-electron chi connectivity index (χ4n) is 5.60. The fourth-order valence-corrected chi connectivity index (χ4v) is 5.87. The van der Waals surface area contributed by atoms with Gasteiger partial charge in [0.1, 0.15) is 5.60 Å². The van der Waals surface area contributed by atoms with Gasteiger partial charge in [0.15, 0.2) is 0 Å². The molecular weight excluding hydrogens is 510 g/mol. The summed E-state index contributed by atoms with van der Waals surface area (Å²) in [6.45, 7) is 10.1.